The van der Waals surface area contributed by atoms with Crippen molar-refractivity contribution in [3.8, 4) is 0 Å². The minimum absolute atomic E-state index is 0.0818. The van der Waals surface area contributed by atoms with Crippen LogP contribution >= 0.6 is 0 Å². The first kappa shape index (κ1) is 17.9. The third-order valence-corrected chi connectivity index (χ3v) is 5.52. The van der Waals surface area contributed by atoms with Gasteiger partial charge in [-0.1, -0.05) is 6.92 Å². The minimum Gasteiger partial charge on any atom is -0.376 e. The first-order chi connectivity index (χ1) is 10.9. The zero-order valence-corrected chi connectivity index (χ0v) is 14.4. The monoisotopic (exact) mass is 340 g/mol. The average molecular weight is 340 g/mol. The van der Waals surface area contributed by atoms with E-state index >= 15 is 0 Å². The molecule has 0 aromatic heterocycles. The average Bonchev–Trinajstić information content (AvgIpc) is 3.05. The van der Waals surface area contributed by atoms with Gasteiger partial charge in [0.2, 0.25) is 10.0 Å². The van der Waals surface area contributed by atoms with Gasteiger partial charge in [-0.05, 0) is 50.5 Å². The number of amides is 1. The van der Waals surface area contributed by atoms with Crippen molar-refractivity contribution in [1.82, 2.24) is 10.0 Å². The zero-order chi connectivity index (χ0) is 16.9. The second-order valence-electron chi connectivity index (χ2n) is 5.80. The Bertz CT molecular complexity index is 622. The van der Waals surface area contributed by atoms with E-state index in [0.717, 1.165) is 19.4 Å². The predicted molar refractivity (Wildman–Crippen MR) is 87.8 cm³/mol. The summed E-state index contributed by atoms with van der Waals surface area (Å²) in [6.07, 6.45) is 2.77. The van der Waals surface area contributed by atoms with E-state index < -0.39 is 10.0 Å². The van der Waals surface area contributed by atoms with E-state index in [1.54, 1.807) is 0 Å². The fourth-order valence-corrected chi connectivity index (χ4v) is 3.64. The van der Waals surface area contributed by atoms with Gasteiger partial charge < -0.3 is 10.1 Å². The van der Waals surface area contributed by atoms with Gasteiger partial charge in [-0.15, -0.1) is 0 Å². The molecule has 1 aliphatic heterocycles. The van der Waals surface area contributed by atoms with Gasteiger partial charge in [0.15, 0.2) is 0 Å². The van der Waals surface area contributed by atoms with Crippen LogP contribution in [0.1, 0.15) is 43.5 Å². The van der Waals surface area contributed by atoms with Crippen molar-refractivity contribution in [1.29, 1.82) is 0 Å². The van der Waals surface area contributed by atoms with Gasteiger partial charge >= 0.3 is 0 Å². The lowest BCUT2D eigenvalue weighted by Gasteiger charge is -2.13. The molecule has 128 valence electrons. The smallest absolute Gasteiger partial charge is 0.251 e. The molecule has 2 atom stereocenters. The van der Waals surface area contributed by atoms with Crippen molar-refractivity contribution in [2.75, 3.05) is 13.2 Å². The Morgan fingerprint density at radius 1 is 1.35 bits per heavy atom. The van der Waals surface area contributed by atoms with E-state index in [4.69, 9.17) is 4.74 Å². The van der Waals surface area contributed by atoms with E-state index in [1.807, 2.05) is 13.8 Å². The van der Waals surface area contributed by atoms with Gasteiger partial charge in [-0.25, -0.2) is 13.1 Å². The van der Waals surface area contributed by atoms with Crippen LogP contribution < -0.4 is 10.0 Å². The molecule has 0 saturated carbocycles. The Morgan fingerprint density at radius 3 is 2.61 bits per heavy atom. The summed E-state index contributed by atoms with van der Waals surface area (Å²) in [5.41, 5.74) is 0.436. The number of benzene rings is 1. The SMILES string of the molecule is CCC(C)NS(=O)(=O)c1ccc(C(=O)NCC2CCCO2)cc1. The summed E-state index contributed by atoms with van der Waals surface area (Å²) in [5, 5.41) is 2.81. The summed E-state index contributed by atoms with van der Waals surface area (Å²) in [5.74, 6) is -0.223. The van der Waals surface area contributed by atoms with Gasteiger partial charge in [0.1, 0.15) is 0 Å². The molecule has 7 heteroatoms. The largest absolute Gasteiger partial charge is 0.376 e. The molecule has 2 rings (SSSR count). The van der Waals surface area contributed by atoms with E-state index in [9.17, 15) is 13.2 Å². The van der Waals surface area contributed by atoms with Gasteiger partial charge in [0.25, 0.3) is 5.91 Å². The lowest BCUT2D eigenvalue weighted by Crippen LogP contribution is -2.32. The lowest BCUT2D eigenvalue weighted by molar-refractivity contribution is 0.0857. The van der Waals surface area contributed by atoms with Crippen LogP contribution in [0.25, 0.3) is 0 Å². The summed E-state index contributed by atoms with van der Waals surface area (Å²) >= 11 is 0. The molecule has 1 aromatic rings. The van der Waals surface area contributed by atoms with Crippen LogP contribution in [-0.2, 0) is 14.8 Å². The summed E-state index contributed by atoms with van der Waals surface area (Å²) < 4.78 is 32.3. The van der Waals surface area contributed by atoms with Gasteiger partial charge in [-0.3, -0.25) is 4.79 Å². The summed E-state index contributed by atoms with van der Waals surface area (Å²) in [7, 11) is -3.54. The molecule has 0 spiro atoms. The highest BCUT2D eigenvalue weighted by atomic mass is 32.2. The van der Waals surface area contributed by atoms with Crippen molar-refractivity contribution >= 4 is 15.9 Å². The zero-order valence-electron chi connectivity index (χ0n) is 13.5. The number of sulfonamides is 1. The molecule has 1 amide bonds. The predicted octanol–water partition coefficient (Wildman–Crippen LogP) is 1.67. The van der Waals surface area contributed by atoms with Crippen LogP contribution in [-0.4, -0.2) is 39.6 Å². The van der Waals surface area contributed by atoms with Crippen LogP contribution in [0.2, 0.25) is 0 Å². The molecule has 0 aliphatic carbocycles. The maximum absolute atomic E-state index is 12.2. The molecular formula is C16H24N2O4S. The molecule has 1 saturated heterocycles. The summed E-state index contributed by atoms with van der Waals surface area (Å²) in [6.45, 7) is 4.95. The molecule has 6 nitrogen and oxygen atoms in total. The molecule has 2 N–H and O–H groups in total. The van der Waals surface area contributed by atoms with E-state index in [0.29, 0.717) is 18.5 Å². The minimum atomic E-state index is -3.54. The second-order valence-corrected chi connectivity index (χ2v) is 7.51. The van der Waals surface area contributed by atoms with Crippen LogP contribution in [0.4, 0.5) is 0 Å². The van der Waals surface area contributed by atoms with Crippen molar-refractivity contribution in [3.05, 3.63) is 29.8 Å². The first-order valence-corrected chi connectivity index (χ1v) is 9.43. The van der Waals surface area contributed by atoms with Gasteiger partial charge in [-0.2, -0.15) is 0 Å². The molecular weight excluding hydrogens is 316 g/mol. The number of nitrogens with one attached hydrogen (secondary N) is 2. The Kier molecular flexibility index (Phi) is 6.15. The number of ether oxygens (including phenoxy) is 1. The van der Waals surface area contributed by atoms with Crippen molar-refractivity contribution in [2.24, 2.45) is 0 Å². The van der Waals surface area contributed by atoms with Gasteiger partial charge in [0.05, 0.1) is 11.0 Å². The van der Waals surface area contributed by atoms with Gasteiger partial charge in [0, 0.05) is 24.8 Å². The molecule has 0 radical (unpaired) electrons. The van der Waals surface area contributed by atoms with E-state index in [1.165, 1.54) is 24.3 Å². The maximum Gasteiger partial charge on any atom is 0.251 e. The quantitative estimate of drug-likeness (QED) is 0.791. The molecule has 1 aliphatic rings. The highest BCUT2D eigenvalue weighted by molar-refractivity contribution is 7.89. The molecule has 23 heavy (non-hydrogen) atoms. The fourth-order valence-electron chi connectivity index (χ4n) is 2.32. The fraction of sp³-hybridized carbons (Fsp3) is 0.562. The van der Waals surface area contributed by atoms with E-state index in [-0.39, 0.29) is 22.9 Å². The molecule has 0 bridgehead atoms. The number of hydrogen-bond donors (Lipinski definition) is 2. The Labute approximate surface area is 137 Å². The molecule has 1 aromatic carbocycles. The number of carbonyl (C=O) groups excluding carboxylic acids is 1. The molecule has 1 heterocycles. The Morgan fingerprint density at radius 2 is 2.04 bits per heavy atom. The Balaban J connectivity index is 1.96. The standard InChI is InChI=1S/C16H24N2O4S/c1-3-12(2)18-23(20,21)15-8-6-13(7-9-15)16(19)17-11-14-5-4-10-22-14/h6-9,12,14,18H,3-5,10-11H2,1-2H3,(H,17,19). The number of carbonyl (C=O) groups is 1. The summed E-state index contributed by atoms with van der Waals surface area (Å²) in [6, 6.07) is 5.82. The lowest BCUT2D eigenvalue weighted by atomic mass is 10.2. The third-order valence-electron chi connectivity index (χ3n) is 3.91. The van der Waals surface area contributed by atoms with Crippen LogP contribution in [0.15, 0.2) is 29.2 Å². The highest BCUT2D eigenvalue weighted by Crippen LogP contribution is 2.13. The Hall–Kier alpha value is -1.44. The maximum atomic E-state index is 12.2. The van der Waals surface area contributed by atoms with Crippen molar-refractivity contribution in [2.45, 2.75) is 50.2 Å². The van der Waals surface area contributed by atoms with Crippen LogP contribution in [0.3, 0.4) is 0 Å². The number of hydrogen-bond acceptors (Lipinski definition) is 4. The normalized spacial score (nSPS) is 19.5. The van der Waals surface area contributed by atoms with Crippen molar-refractivity contribution in [3.63, 3.8) is 0 Å². The topological polar surface area (TPSA) is 84.5 Å². The van der Waals surface area contributed by atoms with Crippen LogP contribution in [0, 0.1) is 0 Å². The number of rotatable bonds is 7. The summed E-state index contributed by atoms with van der Waals surface area (Å²) in [4.78, 5) is 12.2. The van der Waals surface area contributed by atoms with Crippen LogP contribution in [0.5, 0.6) is 0 Å². The highest BCUT2D eigenvalue weighted by Gasteiger charge is 2.18. The molecule has 2 unspecified atom stereocenters. The second kappa shape index (κ2) is 7.90. The third kappa shape index (κ3) is 5.02. The van der Waals surface area contributed by atoms with Crippen molar-refractivity contribution < 1.29 is 17.9 Å². The van der Waals surface area contributed by atoms with E-state index in [2.05, 4.69) is 10.0 Å². The molecule has 1 fully saturated rings. The first-order valence-electron chi connectivity index (χ1n) is 7.94.